The number of benzene rings is 1. The molecule has 2 N–H and O–H groups in total. The van der Waals surface area contributed by atoms with Gasteiger partial charge >= 0.3 is 0 Å². The third-order valence-corrected chi connectivity index (χ3v) is 4.80. The first-order valence-corrected chi connectivity index (χ1v) is 8.03. The van der Waals surface area contributed by atoms with Crippen molar-refractivity contribution in [2.24, 2.45) is 0 Å². The van der Waals surface area contributed by atoms with Gasteiger partial charge in [0.05, 0.1) is 13.2 Å². The highest BCUT2D eigenvalue weighted by atomic mass is 32.1. The van der Waals surface area contributed by atoms with Crippen molar-refractivity contribution in [3.63, 3.8) is 0 Å². The number of para-hydroxylation sites is 1. The normalized spacial score (nSPS) is 17.6. The molecule has 21 heavy (non-hydrogen) atoms. The van der Waals surface area contributed by atoms with Crippen LogP contribution in [0.5, 0.6) is 11.5 Å². The maximum absolute atomic E-state index is 10.5. The summed E-state index contributed by atoms with van der Waals surface area (Å²) in [6.45, 7) is 3.90. The van der Waals surface area contributed by atoms with Crippen LogP contribution >= 0.6 is 11.3 Å². The van der Waals surface area contributed by atoms with Gasteiger partial charge in [-0.15, -0.1) is 11.3 Å². The number of ether oxygens (including phenoxy) is 1. The fourth-order valence-corrected chi connectivity index (χ4v) is 3.72. The predicted octanol–water partition coefficient (Wildman–Crippen LogP) is 2.46. The van der Waals surface area contributed by atoms with Gasteiger partial charge in [-0.2, -0.15) is 0 Å². The molecule has 1 aromatic heterocycles. The number of phenols is 1. The SMILES string of the molecule is COc1cccc([C@@H](c2cccs2)N2CCNCC2)c1O. The summed E-state index contributed by atoms with van der Waals surface area (Å²) >= 11 is 1.73. The molecule has 0 radical (unpaired) electrons. The number of aromatic hydroxyl groups is 1. The van der Waals surface area contributed by atoms with E-state index in [-0.39, 0.29) is 11.8 Å². The molecule has 0 amide bonds. The lowest BCUT2D eigenvalue weighted by molar-refractivity contribution is 0.197. The first-order chi connectivity index (χ1) is 10.3. The Morgan fingerprint density at radius 2 is 2.05 bits per heavy atom. The molecule has 1 aromatic carbocycles. The van der Waals surface area contributed by atoms with Gasteiger partial charge in [-0.1, -0.05) is 18.2 Å². The first-order valence-electron chi connectivity index (χ1n) is 7.15. The Balaban J connectivity index is 2.03. The number of rotatable bonds is 4. The summed E-state index contributed by atoms with van der Waals surface area (Å²) in [5.74, 6) is 0.779. The zero-order valence-corrected chi connectivity index (χ0v) is 12.9. The van der Waals surface area contributed by atoms with Crippen molar-refractivity contribution in [1.29, 1.82) is 0 Å². The molecule has 5 heteroatoms. The van der Waals surface area contributed by atoms with Crippen LogP contribution in [0.15, 0.2) is 35.7 Å². The van der Waals surface area contributed by atoms with Crippen LogP contribution in [-0.4, -0.2) is 43.3 Å². The zero-order valence-electron chi connectivity index (χ0n) is 12.1. The Morgan fingerprint density at radius 3 is 2.71 bits per heavy atom. The Labute approximate surface area is 129 Å². The predicted molar refractivity (Wildman–Crippen MR) is 85.3 cm³/mol. The monoisotopic (exact) mass is 304 g/mol. The molecule has 1 fully saturated rings. The molecule has 0 bridgehead atoms. The van der Waals surface area contributed by atoms with E-state index >= 15 is 0 Å². The van der Waals surface area contributed by atoms with E-state index in [0.717, 1.165) is 31.7 Å². The maximum Gasteiger partial charge on any atom is 0.162 e. The Morgan fingerprint density at radius 1 is 1.24 bits per heavy atom. The lowest BCUT2D eigenvalue weighted by Crippen LogP contribution is -2.45. The summed E-state index contributed by atoms with van der Waals surface area (Å²) in [6, 6.07) is 10.0. The number of nitrogens with one attached hydrogen (secondary N) is 1. The summed E-state index contributed by atoms with van der Waals surface area (Å²) in [6.07, 6.45) is 0. The molecule has 2 aromatic rings. The summed E-state index contributed by atoms with van der Waals surface area (Å²) < 4.78 is 5.26. The lowest BCUT2D eigenvalue weighted by Gasteiger charge is -2.35. The van der Waals surface area contributed by atoms with Crippen LogP contribution in [0.25, 0.3) is 0 Å². The number of methoxy groups -OCH3 is 1. The van der Waals surface area contributed by atoms with E-state index in [1.54, 1.807) is 24.5 Å². The van der Waals surface area contributed by atoms with Crippen molar-refractivity contribution in [2.45, 2.75) is 6.04 Å². The van der Waals surface area contributed by atoms with Crippen LogP contribution < -0.4 is 10.1 Å². The third kappa shape index (κ3) is 2.90. The van der Waals surface area contributed by atoms with Gasteiger partial charge in [-0.05, 0) is 17.5 Å². The van der Waals surface area contributed by atoms with Crippen molar-refractivity contribution in [3.8, 4) is 11.5 Å². The van der Waals surface area contributed by atoms with Gasteiger partial charge in [0.15, 0.2) is 11.5 Å². The van der Waals surface area contributed by atoms with E-state index < -0.39 is 0 Å². The molecule has 3 rings (SSSR count). The van der Waals surface area contributed by atoms with Crippen molar-refractivity contribution >= 4 is 11.3 Å². The Bertz CT molecular complexity index is 580. The van der Waals surface area contributed by atoms with E-state index in [1.165, 1.54) is 4.88 Å². The van der Waals surface area contributed by atoms with Gasteiger partial charge in [0.2, 0.25) is 0 Å². The second-order valence-electron chi connectivity index (χ2n) is 5.10. The molecular weight excluding hydrogens is 284 g/mol. The highest BCUT2D eigenvalue weighted by Crippen LogP contribution is 2.40. The van der Waals surface area contributed by atoms with Crippen molar-refractivity contribution < 1.29 is 9.84 Å². The first kappa shape index (κ1) is 14.4. The van der Waals surface area contributed by atoms with Crippen molar-refractivity contribution in [2.75, 3.05) is 33.3 Å². The molecule has 1 saturated heterocycles. The van der Waals surface area contributed by atoms with Crippen LogP contribution in [0.3, 0.4) is 0 Å². The highest BCUT2D eigenvalue weighted by Gasteiger charge is 2.27. The molecule has 0 saturated carbocycles. The van der Waals surface area contributed by atoms with Crippen molar-refractivity contribution in [3.05, 3.63) is 46.2 Å². The molecule has 1 aliphatic heterocycles. The fourth-order valence-electron chi connectivity index (χ4n) is 2.84. The smallest absolute Gasteiger partial charge is 0.162 e. The Hall–Kier alpha value is -1.56. The second kappa shape index (κ2) is 6.47. The van der Waals surface area contributed by atoms with Gasteiger partial charge in [-0.3, -0.25) is 4.90 Å². The fraction of sp³-hybridized carbons (Fsp3) is 0.375. The van der Waals surface area contributed by atoms with E-state index in [2.05, 4.69) is 27.7 Å². The van der Waals surface area contributed by atoms with Crippen molar-refractivity contribution in [1.82, 2.24) is 10.2 Å². The third-order valence-electron chi connectivity index (χ3n) is 3.87. The topological polar surface area (TPSA) is 44.7 Å². The van der Waals surface area contributed by atoms with Crippen LogP contribution in [0.2, 0.25) is 0 Å². The van der Waals surface area contributed by atoms with Crippen LogP contribution in [-0.2, 0) is 0 Å². The lowest BCUT2D eigenvalue weighted by atomic mass is 10.0. The van der Waals surface area contributed by atoms with Gasteiger partial charge in [0, 0.05) is 36.6 Å². The molecule has 112 valence electrons. The van der Waals surface area contributed by atoms with Gasteiger partial charge in [0.1, 0.15) is 0 Å². The Kier molecular flexibility index (Phi) is 4.43. The largest absolute Gasteiger partial charge is 0.504 e. The van der Waals surface area contributed by atoms with Gasteiger partial charge in [0.25, 0.3) is 0 Å². The standard InChI is InChI=1S/C16H20N2O2S/c1-20-13-5-2-4-12(16(13)19)15(14-6-3-11-21-14)18-9-7-17-8-10-18/h2-6,11,15,17,19H,7-10H2,1H3/t15-/m0/s1. The average molecular weight is 304 g/mol. The van der Waals surface area contributed by atoms with Gasteiger partial charge in [-0.25, -0.2) is 0 Å². The zero-order chi connectivity index (χ0) is 14.7. The molecule has 0 aliphatic carbocycles. The molecular formula is C16H20N2O2S. The second-order valence-corrected chi connectivity index (χ2v) is 6.08. The van der Waals surface area contributed by atoms with E-state index in [4.69, 9.17) is 4.74 Å². The summed E-state index contributed by atoms with van der Waals surface area (Å²) in [7, 11) is 1.59. The molecule has 2 heterocycles. The minimum Gasteiger partial charge on any atom is -0.504 e. The molecule has 4 nitrogen and oxygen atoms in total. The maximum atomic E-state index is 10.5. The van der Waals surface area contributed by atoms with E-state index in [1.807, 2.05) is 12.1 Å². The average Bonchev–Trinajstić information content (AvgIpc) is 3.04. The molecule has 0 unspecified atom stereocenters. The summed E-state index contributed by atoms with van der Waals surface area (Å²) in [4.78, 5) is 3.66. The summed E-state index contributed by atoms with van der Waals surface area (Å²) in [5, 5.41) is 16.0. The van der Waals surface area contributed by atoms with E-state index in [9.17, 15) is 5.11 Å². The summed E-state index contributed by atoms with van der Waals surface area (Å²) in [5.41, 5.74) is 0.915. The number of thiophene rings is 1. The number of nitrogens with zero attached hydrogens (tertiary/aromatic N) is 1. The van der Waals surface area contributed by atoms with Gasteiger partial charge < -0.3 is 15.2 Å². The van der Waals surface area contributed by atoms with Crippen LogP contribution in [0.1, 0.15) is 16.5 Å². The van der Waals surface area contributed by atoms with Crippen LogP contribution in [0, 0.1) is 0 Å². The van der Waals surface area contributed by atoms with Crippen LogP contribution in [0.4, 0.5) is 0 Å². The highest BCUT2D eigenvalue weighted by molar-refractivity contribution is 7.10. The molecule has 0 spiro atoms. The van der Waals surface area contributed by atoms with E-state index in [0.29, 0.717) is 5.75 Å². The molecule has 1 atom stereocenters. The number of hydrogen-bond donors (Lipinski definition) is 2. The molecule has 1 aliphatic rings. The number of hydrogen-bond acceptors (Lipinski definition) is 5. The number of phenolic OH excluding ortho intramolecular Hbond substituents is 1. The number of piperazine rings is 1. The minimum atomic E-state index is 0.0854. The minimum absolute atomic E-state index is 0.0854. The quantitative estimate of drug-likeness (QED) is 0.911.